The van der Waals surface area contributed by atoms with Crippen LogP contribution in [-0.4, -0.2) is 39.5 Å². The van der Waals surface area contributed by atoms with E-state index >= 15 is 0 Å². The number of aromatic nitrogens is 2. The van der Waals surface area contributed by atoms with Gasteiger partial charge in [0, 0.05) is 43.2 Å². The van der Waals surface area contributed by atoms with Gasteiger partial charge in [0.15, 0.2) is 11.4 Å². The molecular formula is C26H30N4O4S. The smallest absolute Gasteiger partial charge is 0.315 e. The van der Waals surface area contributed by atoms with Crippen molar-refractivity contribution in [2.75, 3.05) is 12.3 Å². The van der Waals surface area contributed by atoms with Crippen molar-refractivity contribution in [3.8, 4) is 0 Å². The molecule has 35 heavy (non-hydrogen) atoms. The van der Waals surface area contributed by atoms with Crippen molar-refractivity contribution in [2.45, 2.75) is 50.2 Å². The van der Waals surface area contributed by atoms with Gasteiger partial charge in [-0.3, -0.25) is 0 Å². The number of ether oxygens (including phenoxy) is 2. The Hall–Kier alpha value is -2.98. The lowest BCUT2D eigenvalue weighted by Gasteiger charge is -2.36. The van der Waals surface area contributed by atoms with E-state index in [1.165, 1.54) is 0 Å². The zero-order valence-electron chi connectivity index (χ0n) is 19.6. The van der Waals surface area contributed by atoms with Gasteiger partial charge < -0.3 is 25.2 Å². The Bertz CT molecular complexity index is 1070. The first-order valence-electron chi connectivity index (χ1n) is 11.7. The van der Waals surface area contributed by atoms with Gasteiger partial charge in [-0.2, -0.15) is 0 Å². The van der Waals surface area contributed by atoms with Crippen LogP contribution in [0.3, 0.4) is 0 Å². The fourth-order valence-corrected chi connectivity index (χ4v) is 4.57. The van der Waals surface area contributed by atoms with E-state index in [2.05, 4.69) is 20.6 Å². The van der Waals surface area contributed by atoms with Crippen LogP contribution in [0.5, 0.6) is 0 Å². The van der Waals surface area contributed by atoms with E-state index in [0.29, 0.717) is 30.4 Å². The van der Waals surface area contributed by atoms with Crippen LogP contribution >= 0.6 is 11.8 Å². The van der Waals surface area contributed by atoms with E-state index in [1.807, 2.05) is 55.5 Å². The number of amides is 2. The first kappa shape index (κ1) is 25.1. The van der Waals surface area contributed by atoms with Crippen LogP contribution in [0.1, 0.15) is 48.0 Å². The number of rotatable bonds is 9. The predicted molar refractivity (Wildman–Crippen MR) is 134 cm³/mol. The Morgan fingerprint density at radius 3 is 2.37 bits per heavy atom. The molecule has 0 bridgehead atoms. The van der Waals surface area contributed by atoms with Crippen molar-refractivity contribution in [1.29, 1.82) is 0 Å². The van der Waals surface area contributed by atoms with Crippen molar-refractivity contribution in [2.24, 2.45) is 0 Å². The second-order valence-electron chi connectivity index (χ2n) is 8.15. The highest BCUT2D eigenvalue weighted by molar-refractivity contribution is 7.99. The quantitative estimate of drug-likeness (QED) is 0.303. The third kappa shape index (κ3) is 7.25. The molecule has 1 fully saturated rings. The maximum absolute atomic E-state index is 11.7. The summed E-state index contributed by atoms with van der Waals surface area (Å²) >= 11 is 1.56. The van der Waals surface area contributed by atoms with Crippen molar-refractivity contribution in [3.63, 3.8) is 0 Å². The molecule has 1 aliphatic heterocycles. The second-order valence-corrected chi connectivity index (χ2v) is 9.13. The molecule has 2 aromatic carbocycles. The fourth-order valence-electron chi connectivity index (χ4n) is 3.75. The first-order chi connectivity index (χ1) is 17.1. The van der Waals surface area contributed by atoms with Gasteiger partial charge in [0.05, 0.1) is 18.8 Å². The predicted octanol–water partition coefficient (Wildman–Crippen LogP) is 4.13. The highest BCUT2D eigenvalue weighted by Crippen LogP contribution is 2.39. The zero-order chi connectivity index (χ0) is 24.5. The van der Waals surface area contributed by atoms with Crippen LogP contribution in [0, 0.1) is 0 Å². The lowest BCUT2D eigenvalue weighted by atomic mass is 10.0. The summed E-state index contributed by atoms with van der Waals surface area (Å²) in [7, 11) is 0. The monoisotopic (exact) mass is 494 g/mol. The van der Waals surface area contributed by atoms with E-state index < -0.39 is 6.29 Å². The number of benzene rings is 2. The summed E-state index contributed by atoms with van der Waals surface area (Å²) in [4.78, 5) is 20.2. The van der Waals surface area contributed by atoms with Crippen LogP contribution in [0.25, 0.3) is 0 Å². The Balaban J connectivity index is 1.46. The van der Waals surface area contributed by atoms with Crippen molar-refractivity contribution in [3.05, 3.63) is 89.2 Å². The standard InChI is InChI=1S/C26H30N4O4S/c1-2-27-25(32)30-15-18-4-10-21(11-5-18)24-33-22(17-35-26-28-12-3-13-29-26)14-23(34-24)20-8-6-19(16-31)7-9-20/h3-13,22-24,31H,2,14-17H2,1H3,(H2,27,30,32)/t22-,23+,24+/m1/s1. The molecule has 1 aliphatic rings. The lowest BCUT2D eigenvalue weighted by Crippen LogP contribution is -2.34. The van der Waals surface area contributed by atoms with Gasteiger partial charge in [0.1, 0.15) is 0 Å². The Labute approximate surface area is 209 Å². The minimum atomic E-state index is -0.529. The molecule has 3 N–H and O–H groups in total. The number of nitrogens with one attached hydrogen (secondary N) is 2. The second kappa shape index (κ2) is 12.6. The summed E-state index contributed by atoms with van der Waals surface area (Å²) in [5.74, 6) is 0.698. The number of nitrogens with zero attached hydrogens (tertiary/aromatic N) is 2. The molecule has 2 amide bonds. The molecule has 0 radical (unpaired) electrons. The van der Waals surface area contributed by atoms with Gasteiger partial charge in [-0.25, -0.2) is 14.8 Å². The fraction of sp³-hybridized carbons (Fsp3) is 0.346. The van der Waals surface area contributed by atoms with Gasteiger partial charge in [0.25, 0.3) is 0 Å². The average Bonchev–Trinajstić information content (AvgIpc) is 2.92. The molecule has 3 atom stereocenters. The summed E-state index contributed by atoms with van der Waals surface area (Å²) in [5.41, 5.74) is 3.81. The third-order valence-corrected chi connectivity index (χ3v) is 6.61. The number of carbonyl (C=O) groups is 1. The summed E-state index contributed by atoms with van der Waals surface area (Å²) in [6, 6.07) is 17.3. The highest BCUT2D eigenvalue weighted by Gasteiger charge is 2.32. The summed E-state index contributed by atoms with van der Waals surface area (Å²) in [6.07, 6.45) is 3.42. The van der Waals surface area contributed by atoms with Crippen molar-refractivity contribution in [1.82, 2.24) is 20.6 Å². The highest BCUT2D eigenvalue weighted by atomic mass is 32.2. The number of hydrogen-bond donors (Lipinski definition) is 3. The largest absolute Gasteiger partial charge is 0.392 e. The van der Waals surface area contributed by atoms with Crippen LogP contribution in [0.2, 0.25) is 0 Å². The first-order valence-corrected chi connectivity index (χ1v) is 12.6. The van der Waals surface area contributed by atoms with Gasteiger partial charge in [-0.15, -0.1) is 0 Å². The molecule has 0 spiro atoms. The van der Waals surface area contributed by atoms with Crippen LogP contribution in [0.15, 0.2) is 72.1 Å². The molecule has 3 aromatic rings. The summed E-state index contributed by atoms with van der Waals surface area (Å²) in [5, 5.41) is 15.6. The van der Waals surface area contributed by atoms with Gasteiger partial charge in [-0.1, -0.05) is 60.3 Å². The van der Waals surface area contributed by atoms with Gasteiger partial charge in [-0.05, 0) is 29.7 Å². The number of aliphatic hydroxyl groups is 1. The number of thioether (sulfide) groups is 1. The number of aliphatic hydroxyl groups excluding tert-OH is 1. The van der Waals surface area contributed by atoms with E-state index in [4.69, 9.17) is 9.47 Å². The Morgan fingerprint density at radius 1 is 1.00 bits per heavy atom. The molecule has 9 heteroatoms. The maximum Gasteiger partial charge on any atom is 0.315 e. The molecule has 0 unspecified atom stereocenters. The average molecular weight is 495 g/mol. The van der Waals surface area contributed by atoms with Gasteiger partial charge >= 0.3 is 6.03 Å². The summed E-state index contributed by atoms with van der Waals surface area (Å²) in [6.45, 7) is 2.91. The number of hydrogen-bond acceptors (Lipinski definition) is 7. The molecule has 1 saturated heterocycles. The molecule has 0 aliphatic carbocycles. The van der Waals surface area contributed by atoms with Crippen LogP contribution < -0.4 is 10.6 Å². The SMILES string of the molecule is CCNC(=O)NCc1ccc([C@H]2O[C@@H](CSc3ncccn3)C[C@@H](c3ccc(CO)cc3)O2)cc1. The summed E-state index contributed by atoms with van der Waals surface area (Å²) < 4.78 is 12.7. The normalized spacial score (nSPS) is 19.8. The third-order valence-electron chi connectivity index (χ3n) is 5.60. The van der Waals surface area contributed by atoms with E-state index in [0.717, 1.165) is 22.3 Å². The number of urea groups is 1. The number of carbonyl (C=O) groups excluding carboxylic acids is 1. The topological polar surface area (TPSA) is 106 Å². The van der Waals surface area contributed by atoms with Crippen molar-refractivity contribution < 1.29 is 19.4 Å². The van der Waals surface area contributed by atoms with E-state index in [-0.39, 0.29) is 24.8 Å². The van der Waals surface area contributed by atoms with Crippen LogP contribution in [0.4, 0.5) is 4.79 Å². The zero-order valence-corrected chi connectivity index (χ0v) is 20.4. The Morgan fingerprint density at radius 2 is 1.69 bits per heavy atom. The van der Waals surface area contributed by atoms with Crippen molar-refractivity contribution >= 4 is 17.8 Å². The van der Waals surface area contributed by atoms with E-state index in [9.17, 15) is 9.90 Å². The van der Waals surface area contributed by atoms with Crippen LogP contribution in [-0.2, 0) is 22.6 Å². The molecule has 0 saturated carbocycles. The lowest BCUT2D eigenvalue weighted by molar-refractivity contribution is -0.245. The molecule has 2 heterocycles. The maximum atomic E-state index is 11.7. The Kier molecular flexibility index (Phi) is 9.08. The molecule has 1 aromatic heterocycles. The molecule has 184 valence electrons. The molecule has 4 rings (SSSR count). The minimum Gasteiger partial charge on any atom is -0.392 e. The van der Waals surface area contributed by atoms with E-state index in [1.54, 1.807) is 30.2 Å². The minimum absolute atomic E-state index is 0.00912. The van der Waals surface area contributed by atoms with Gasteiger partial charge in [0.2, 0.25) is 0 Å². The molecule has 8 nitrogen and oxygen atoms in total. The molecular weight excluding hydrogens is 464 g/mol.